The van der Waals surface area contributed by atoms with Crippen LogP contribution in [0.15, 0.2) is 84.9 Å². The van der Waals surface area contributed by atoms with Crippen LogP contribution in [0.25, 0.3) is 0 Å². The number of carbonyl (C=O) groups is 2. The molecule has 4 rings (SSSR count). The zero-order valence-corrected chi connectivity index (χ0v) is 17.0. The smallest absolute Gasteiger partial charge is 0.848 e. The maximum absolute atomic E-state index is 13.4. The van der Waals surface area contributed by atoms with Gasteiger partial charge >= 0.3 is 29.6 Å². The molecule has 0 radical (unpaired) electrons. The Balaban J connectivity index is 0.00000210. The van der Waals surface area contributed by atoms with E-state index in [1.165, 1.54) is 0 Å². The molecule has 0 saturated carbocycles. The van der Waals surface area contributed by atoms with E-state index < -0.39 is 17.9 Å². The van der Waals surface area contributed by atoms with Crippen LogP contribution in [0.1, 0.15) is 39.1 Å². The van der Waals surface area contributed by atoms with E-state index in [0.717, 1.165) is 11.1 Å². The summed E-state index contributed by atoms with van der Waals surface area (Å²) in [6.45, 7) is 0. The Morgan fingerprint density at radius 2 is 1.26 bits per heavy atom. The SMILES string of the molecule is O=C1c2ccccc2C([O-])C1C(=O)C(c1ccccc1)c1ccccc1.[Na+]. The minimum atomic E-state index is -1.35. The molecule has 0 heterocycles. The molecular weight excluding hydrogens is 347 g/mol. The first kappa shape index (κ1) is 19.7. The third kappa shape index (κ3) is 3.56. The Morgan fingerprint density at radius 3 is 1.78 bits per heavy atom. The zero-order chi connectivity index (χ0) is 18.1. The van der Waals surface area contributed by atoms with E-state index in [1.807, 2.05) is 60.7 Å². The molecule has 3 nitrogen and oxygen atoms in total. The molecule has 0 amide bonds. The van der Waals surface area contributed by atoms with Gasteiger partial charge in [0.05, 0.1) is 11.8 Å². The summed E-state index contributed by atoms with van der Waals surface area (Å²) in [5.74, 6) is -2.50. The summed E-state index contributed by atoms with van der Waals surface area (Å²) in [5.41, 5.74) is 2.39. The number of carbonyl (C=O) groups excluding carboxylic acids is 2. The Morgan fingerprint density at radius 1 is 0.778 bits per heavy atom. The number of fused-ring (bicyclic) bond motifs is 1. The summed E-state index contributed by atoms with van der Waals surface area (Å²) < 4.78 is 0. The van der Waals surface area contributed by atoms with E-state index in [9.17, 15) is 14.7 Å². The average Bonchev–Trinajstić information content (AvgIpc) is 2.95. The molecule has 0 bridgehead atoms. The van der Waals surface area contributed by atoms with Crippen molar-refractivity contribution >= 4 is 11.6 Å². The van der Waals surface area contributed by atoms with Gasteiger partial charge in [-0.3, -0.25) is 9.59 Å². The van der Waals surface area contributed by atoms with Gasteiger partial charge in [0.2, 0.25) is 0 Å². The van der Waals surface area contributed by atoms with E-state index in [-0.39, 0.29) is 41.1 Å². The molecule has 1 aliphatic rings. The number of hydrogen-bond donors (Lipinski definition) is 0. The molecular formula is C23H17NaO3. The van der Waals surface area contributed by atoms with Crippen LogP contribution in [-0.4, -0.2) is 11.6 Å². The first-order valence-corrected chi connectivity index (χ1v) is 8.61. The van der Waals surface area contributed by atoms with Gasteiger partial charge in [0.1, 0.15) is 0 Å². The van der Waals surface area contributed by atoms with Crippen LogP contribution in [-0.2, 0) is 4.79 Å². The van der Waals surface area contributed by atoms with Crippen molar-refractivity contribution in [3.8, 4) is 0 Å². The van der Waals surface area contributed by atoms with Crippen LogP contribution < -0.4 is 34.7 Å². The maximum atomic E-state index is 13.4. The van der Waals surface area contributed by atoms with Crippen molar-refractivity contribution < 1.29 is 44.3 Å². The van der Waals surface area contributed by atoms with E-state index >= 15 is 0 Å². The number of ketones is 2. The summed E-state index contributed by atoms with van der Waals surface area (Å²) in [6.07, 6.45) is -1.35. The second-order valence-electron chi connectivity index (χ2n) is 6.51. The van der Waals surface area contributed by atoms with E-state index in [4.69, 9.17) is 0 Å². The molecule has 27 heavy (non-hydrogen) atoms. The Hall–Kier alpha value is -2.04. The summed E-state index contributed by atoms with van der Waals surface area (Å²) >= 11 is 0. The Labute approximate surface area is 180 Å². The maximum Gasteiger partial charge on any atom is 1.00 e. The fourth-order valence-electron chi connectivity index (χ4n) is 3.72. The molecule has 2 atom stereocenters. The molecule has 0 fully saturated rings. The van der Waals surface area contributed by atoms with Gasteiger partial charge in [-0.2, -0.15) is 0 Å². The molecule has 0 N–H and O–H groups in total. The van der Waals surface area contributed by atoms with E-state index in [0.29, 0.717) is 11.1 Å². The fourth-order valence-corrected chi connectivity index (χ4v) is 3.72. The largest absolute Gasteiger partial charge is 1.00 e. The number of rotatable bonds is 4. The van der Waals surface area contributed by atoms with Crippen molar-refractivity contribution in [3.63, 3.8) is 0 Å². The van der Waals surface area contributed by atoms with E-state index in [1.54, 1.807) is 24.3 Å². The second kappa shape index (κ2) is 8.32. The Kier molecular flexibility index (Phi) is 6.08. The predicted octanol–water partition coefficient (Wildman–Crippen LogP) is 0.306. The fraction of sp³-hybridized carbons (Fsp3) is 0.130. The van der Waals surface area contributed by atoms with Gasteiger partial charge in [-0.05, 0) is 16.7 Å². The number of hydrogen-bond acceptors (Lipinski definition) is 3. The molecule has 0 aromatic heterocycles. The molecule has 0 spiro atoms. The minimum Gasteiger partial charge on any atom is -0.848 e. The summed E-state index contributed by atoms with van der Waals surface area (Å²) in [4.78, 5) is 26.2. The quantitative estimate of drug-likeness (QED) is 0.495. The molecule has 0 aliphatic heterocycles. The van der Waals surface area contributed by atoms with Crippen LogP contribution in [0, 0.1) is 5.92 Å². The first-order chi connectivity index (χ1) is 12.7. The van der Waals surface area contributed by atoms with Gasteiger partial charge in [-0.1, -0.05) is 91.0 Å². The van der Waals surface area contributed by atoms with Gasteiger partial charge < -0.3 is 5.11 Å². The molecule has 1 aliphatic carbocycles. The molecule has 2 unspecified atom stereocenters. The monoisotopic (exact) mass is 364 g/mol. The second-order valence-corrected chi connectivity index (χ2v) is 6.51. The summed E-state index contributed by atoms with van der Waals surface area (Å²) in [5, 5.41) is 12.9. The van der Waals surface area contributed by atoms with Gasteiger partial charge in [0.25, 0.3) is 0 Å². The topological polar surface area (TPSA) is 57.2 Å². The standard InChI is InChI=1S/C23H17O3.Na/c24-21-17-13-7-8-14-18(17)22(25)20(21)23(26)19(15-9-3-1-4-10-15)16-11-5-2-6-12-16;/h1-14,19-21H;/q-1;+1. The van der Waals surface area contributed by atoms with Gasteiger partial charge in [0.15, 0.2) is 11.6 Å². The van der Waals surface area contributed by atoms with Crippen LogP contribution in [0.5, 0.6) is 0 Å². The van der Waals surface area contributed by atoms with Crippen LogP contribution >= 0.6 is 0 Å². The normalized spacial score (nSPS) is 18.1. The molecule has 3 aromatic carbocycles. The van der Waals surface area contributed by atoms with E-state index in [2.05, 4.69) is 0 Å². The molecule has 0 saturated heterocycles. The van der Waals surface area contributed by atoms with Crippen molar-refractivity contribution in [3.05, 3.63) is 107 Å². The molecule has 128 valence electrons. The van der Waals surface area contributed by atoms with Crippen molar-refractivity contribution in [1.29, 1.82) is 0 Å². The van der Waals surface area contributed by atoms with Crippen molar-refractivity contribution in [2.75, 3.05) is 0 Å². The van der Waals surface area contributed by atoms with Crippen molar-refractivity contribution in [1.82, 2.24) is 0 Å². The Bertz CT molecular complexity index is 914. The van der Waals surface area contributed by atoms with Crippen molar-refractivity contribution in [2.24, 2.45) is 5.92 Å². The van der Waals surface area contributed by atoms with Gasteiger partial charge in [-0.25, -0.2) is 0 Å². The van der Waals surface area contributed by atoms with Gasteiger partial charge in [0, 0.05) is 5.56 Å². The summed E-state index contributed by atoms with van der Waals surface area (Å²) in [7, 11) is 0. The van der Waals surface area contributed by atoms with Gasteiger partial charge in [-0.15, -0.1) is 0 Å². The minimum absolute atomic E-state index is 0. The van der Waals surface area contributed by atoms with Crippen LogP contribution in [0.3, 0.4) is 0 Å². The number of Topliss-reactive ketones (excluding diaryl/α,β-unsaturated/α-hetero) is 2. The zero-order valence-electron chi connectivity index (χ0n) is 15.0. The number of benzene rings is 3. The third-order valence-electron chi connectivity index (χ3n) is 4.97. The molecule has 4 heteroatoms. The van der Waals surface area contributed by atoms with Crippen LogP contribution in [0.4, 0.5) is 0 Å². The van der Waals surface area contributed by atoms with Crippen LogP contribution in [0.2, 0.25) is 0 Å². The summed E-state index contributed by atoms with van der Waals surface area (Å²) in [6, 6.07) is 25.4. The average molecular weight is 364 g/mol. The van der Waals surface area contributed by atoms with Crippen molar-refractivity contribution in [2.45, 2.75) is 12.0 Å². The predicted molar refractivity (Wildman–Crippen MR) is 96.7 cm³/mol. The third-order valence-corrected chi connectivity index (χ3v) is 4.97. The molecule has 3 aromatic rings. The first-order valence-electron chi connectivity index (χ1n) is 8.61.